The van der Waals surface area contributed by atoms with Crippen LogP contribution in [0.5, 0.6) is 0 Å². The Labute approximate surface area is 382 Å². The normalized spacial score (nSPS) is 22.2. The highest BCUT2D eigenvalue weighted by atomic mass is 31.2. The molecule has 6 N–H and O–H groups in total. The number of aliphatic hydroxyl groups excluding tert-OH is 5. The fourth-order valence-corrected chi connectivity index (χ4v) is 8.39. The number of aliphatic hydroxyl groups is 5. The molecule has 0 aliphatic heterocycles. The van der Waals surface area contributed by atoms with Crippen LogP contribution in [0.15, 0.2) is 48.6 Å². The number of unbranched alkanes of at least 4 members (excludes halogenated alkanes) is 22. The van der Waals surface area contributed by atoms with Gasteiger partial charge in [-0.1, -0.05) is 165 Å². The maximum absolute atomic E-state index is 12.8. The zero-order chi connectivity index (χ0) is 46.2. The van der Waals surface area contributed by atoms with E-state index in [0.29, 0.717) is 13.0 Å². The first-order chi connectivity index (χ1) is 30.5. The van der Waals surface area contributed by atoms with Crippen molar-refractivity contribution in [3.8, 4) is 0 Å². The largest absolute Gasteiger partial charge is 0.472 e. The molecule has 13 heteroatoms. The zero-order valence-corrected chi connectivity index (χ0v) is 40.3. The summed E-state index contributed by atoms with van der Waals surface area (Å²) >= 11 is 0. The number of esters is 1. The molecule has 63 heavy (non-hydrogen) atoms. The Balaban J connectivity index is 2.37. The minimum atomic E-state index is -5.03. The van der Waals surface area contributed by atoms with Crippen LogP contribution in [0, 0.1) is 0 Å². The van der Waals surface area contributed by atoms with Gasteiger partial charge in [0.05, 0.1) is 13.2 Å². The van der Waals surface area contributed by atoms with E-state index in [1.54, 1.807) is 0 Å². The van der Waals surface area contributed by atoms with Crippen LogP contribution in [-0.2, 0) is 27.9 Å². The van der Waals surface area contributed by atoms with Gasteiger partial charge >= 0.3 is 13.8 Å². The lowest BCUT2D eigenvalue weighted by molar-refractivity contribution is -0.220. The summed E-state index contributed by atoms with van der Waals surface area (Å²) in [4.78, 5) is 23.2. The van der Waals surface area contributed by atoms with Gasteiger partial charge in [-0.25, -0.2) is 4.57 Å². The summed E-state index contributed by atoms with van der Waals surface area (Å²) in [5.74, 6) is -0.490. The lowest BCUT2D eigenvalue weighted by Crippen LogP contribution is -2.64. The minimum Gasteiger partial charge on any atom is -0.457 e. The molecule has 0 aromatic rings. The van der Waals surface area contributed by atoms with E-state index in [9.17, 15) is 39.8 Å². The molecule has 1 aliphatic carbocycles. The molecule has 0 bridgehead atoms. The molecule has 1 saturated carbocycles. The Hall–Kier alpha value is -1.70. The number of carbonyl (C=O) groups excluding carboxylic acids is 1. The second kappa shape index (κ2) is 40.6. The number of phosphoric acid groups is 1. The molecule has 12 nitrogen and oxygen atoms in total. The molecule has 0 aromatic heterocycles. The molecule has 0 aromatic carbocycles. The molecule has 0 heterocycles. The first kappa shape index (κ1) is 59.3. The van der Waals surface area contributed by atoms with Gasteiger partial charge < -0.3 is 39.9 Å². The highest BCUT2D eigenvalue weighted by Gasteiger charge is 2.51. The average Bonchev–Trinajstić information content (AvgIpc) is 3.27. The summed E-state index contributed by atoms with van der Waals surface area (Å²) in [6, 6.07) is 0. The molecule has 1 aliphatic rings. The molecule has 1 rings (SSSR count). The van der Waals surface area contributed by atoms with Crippen molar-refractivity contribution in [2.45, 2.75) is 243 Å². The third-order valence-electron chi connectivity index (χ3n) is 11.4. The molecule has 6 unspecified atom stereocenters. The molecular formula is C50H91O12P. The van der Waals surface area contributed by atoms with Crippen molar-refractivity contribution >= 4 is 13.8 Å². The summed E-state index contributed by atoms with van der Waals surface area (Å²) in [6.07, 6.45) is 37.4. The molecule has 1 fully saturated rings. The van der Waals surface area contributed by atoms with Crippen LogP contribution in [-0.4, -0.2) is 98.9 Å². The number of hydrogen-bond acceptors (Lipinski definition) is 11. The molecule has 6 atom stereocenters. The van der Waals surface area contributed by atoms with Crippen molar-refractivity contribution in [2.75, 3.05) is 19.8 Å². The summed E-state index contributed by atoms with van der Waals surface area (Å²) in [7, 11) is -5.03. The first-order valence-corrected chi connectivity index (χ1v) is 26.5. The van der Waals surface area contributed by atoms with Crippen LogP contribution in [0.1, 0.15) is 200 Å². The standard InChI is InChI=1S/C50H91O12P/c1-3-5-7-9-11-13-15-17-19-21-22-23-24-26-28-30-32-34-36-38-40-59-41-43(42-60-63(57,58)62-50-48(55)46(53)45(52)47(54)49(50)56)61-44(51)39-37-35-33-31-29-27-25-20-18-16-14-12-10-8-6-4-2/h11,13,17,19-20,22-23,25,43,45-50,52-56H,3-10,12,14-16,18,21,24,26-42H2,1-2H3,(H,57,58)/b13-11-,19-17-,23-22-,25-20-. The quantitative estimate of drug-likeness (QED) is 0.0147. The van der Waals surface area contributed by atoms with Gasteiger partial charge in [0.15, 0.2) is 0 Å². The number of hydrogen-bond donors (Lipinski definition) is 6. The van der Waals surface area contributed by atoms with Crippen LogP contribution in [0.2, 0.25) is 0 Å². The minimum absolute atomic E-state index is 0.0873. The van der Waals surface area contributed by atoms with Gasteiger partial charge in [0.25, 0.3) is 0 Å². The maximum atomic E-state index is 12.8. The Morgan fingerprint density at radius 3 is 1.40 bits per heavy atom. The van der Waals surface area contributed by atoms with Gasteiger partial charge in [-0.2, -0.15) is 0 Å². The number of carbonyl (C=O) groups is 1. The Morgan fingerprint density at radius 1 is 0.508 bits per heavy atom. The van der Waals surface area contributed by atoms with Crippen molar-refractivity contribution < 1.29 is 58.3 Å². The molecular weight excluding hydrogens is 824 g/mol. The van der Waals surface area contributed by atoms with E-state index in [0.717, 1.165) is 83.5 Å². The number of rotatable bonds is 42. The van der Waals surface area contributed by atoms with Crippen molar-refractivity contribution in [1.82, 2.24) is 0 Å². The predicted octanol–water partition coefficient (Wildman–Crippen LogP) is 10.8. The fraction of sp³-hybridized carbons (Fsp3) is 0.820. The third kappa shape index (κ3) is 32.6. The Morgan fingerprint density at radius 2 is 0.889 bits per heavy atom. The average molecular weight is 915 g/mol. The van der Waals surface area contributed by atoms with Crippen LogP contribution in [0.3, 0.4) is 0 Å². The lowest BCUT2D eigenvalue weighted by Gasteiger charge is -2.41. The van der Waals surface area contributed by atoms with Crippen LogP contribution in [0.25, 0.3) is 0 Å². The lowest BCUT2D eigenvalue weighted by atomic mass is 9.85. The zero-order valence-electron chi connectivity index (χ0n) is 39.4. The number of allylic oxidation sites excluding steroid dienone is 8. The van der Waals surface area contributed by atoms with E-state index in [1.807, 2.05) is 0 Å². The highest BCUT2D eigenvalue weighted by molar-refractivity contribution is 7.47. The van der Waals surface area contributed by atoms with E-state index in [-0.39, 0.29) is 13.0 Å². The highest BCUT2D eigenvalue weighted by Crippen LogP contribution is 2.47. The molecule has 368 valence electrons. The van der Waals surface area contributed by atoms with Crippen LogP contribution < -0.4 is 0 Å². The van der Waals surface area contributed by atoms with E-state index in [1.165, 1.54) is 89.9 Å². The van der Waals surface area contributed by atoms with Crippen LogP contribution in [0.4, 0.5) is 0 Å². The van der Waals surface area contributed by atoms with Crippen molar-refractivity contribution in [3.05, 3.63) is 48.6 Å². The summed E-state index contributed by atoms with van der Waals surface area (Å²) in [5.41, 5.74) is 0. The van der Waals surface area contributed by atoms with Crippen LogP contribution >= 0.6 is 7.82 Å². The molecule has 0 amide bonds. The molecule has 0 saturated heterocycles. The number of ether oxygens (including phenoxy) is 2. The number of phosphoric ester groups is 1. The Bertz CT molecular complexity index is 1230. The Kier molecular flexibility index (Phi) is 38.2. The topological polar surface area (TPSA) is 192 Å². The SMILES string of the molecule is CCCCC/C=C\C/C=C\C/C=C\CCCCCCCCCOCC(COP(=O)(O)OC1C(O)C(O)C(O)C(O)C1O)OC(=O)CCCCCCC/C=C\CCCCCCCCC. The van der Waals surface area contributed by atoms with Gasteiger partial charge in [-0.3, -0.25) is 13.8 Å². The van der Waals surface area contributed by atoms with E-state index < -0.39 is 63.1 Å². The van der Waals surface area contributed by atoms with E-state index in [2.05, 4.69) is 62.5 Å². The van der Waals surface area contributed by atoms with Crippen molar-refractivity contribution in [3.63, 3.8) is 0 Å². The van der Waals surface area contributed by atoms with E-state index >= 15 is 0 Å². The van der Waals surface area contributed by atoms with E-state index in [4.69, 9.17) is 18.5 Å². The second-order valence-corrected chi connectivity index (χ2v) is 18.7. The predicted molar refractivity (Wildman–Crippen MR) is 253 cm³/mol. The first-order valence-electron chi connectivity index (χ1n) is 25.0. The third-order valence-corrected chi connectivity index (χ3v) is 12.4. The summed E-state index contributed by atoms with van der Waals surface area (Å²) in [5, 5.41) is 50.3. The van der Waals surface area contributed by atoms with Gasteiger partial charge in [0.1, 0.15) is 42.7 Å². The van der Waals surface area contributed by atoms with Gasteiger partial charge in [0, 0.05) is 13.0 Å². The van der Waals surface area contributed by atoms with Crippen molar-refractivity contribution in [1.29, 1.82) is 0 Å². The second-order valence-electron chi connectivity index (χ2n) is 17.3. The monoisotopic (exact) mass is 915 g/mol. The maximum Gasteiger partial charge on any atom is 0.472 e. The summed E-state index contributed by atoms with van der Waals surface area (Å²) in [6.45, 7) is 4.21. The molecule has 0 radical (unpaired) electrons. The van der Waals surface area contributed by atoms with Crippen molar-refractivity contribution in [2.24, 2.45) is 0 Å². The molecule has 0 spiro atoms. The summed E-state index contributed by atoms with van der Waals surface area (Å²) < 4.78 is 34.2. The van der Waals surface area contributed by atoms with Gasteiger partial charge in [0.2, 0.25) is 0 Å². The van der Waals surface area contributed by atoms with Gasteiger partial charge in [-0.15, -0.1) is 0 Å². The van der Waals surface area contributed by atoms with Gasteiger partial charge in [-0.05, 0) is 77.0 Å². The smallest absolute Gasteiger partial charge is 0.457 e. The fourth-order valence-electron chi connectivity index (χ4n) is 7.42.